The molecular weight excluding hydrogens is 395 g/mol. The number of amides is 2. The number of hydrogen-bond donors (Lipinski definition) is 1. The highest BCUT2D eigenvalue weighted by Gasteiger charge is 2.29. The van der Waals surface area contributed by atoms with E-state index in [9.17, 15) is 14.0 Å². The van der Waals surface area contributed by atoms with E-state index in [1.165, 1.54) is 17.0 Å². The van der Waals surface area contributed by atoms with Gasteiger partial charge < -0.3 is 15.0 Å². The van der Waals surface area contributed by atoms with E-state index in [0.717, 1.165) is 5.56 Å². The molecule has 0 spiro atoms. The predicted octanol–water partition coefficient (Wildman–Crippen LogP) is 3.97. The average molecular weight is 421 g/mol. The van der Waals surface area contributed by atoms with E-state index in [2.05, 4.69) is 5.32 Å². The molecule has 2 rings (SSSR count). The van der Waals surface area contributed by atoms with Gasteiger partial charge >= 0.3 is 0 Å². The Morgan fingerprint density at radius 3 is 2.55 bits per heavy atom. The second-order valence-corrected chi connectivity index (χ2v) is 6.98. The SMILES string of the molecule is CCNC(=O)C(CC)N(Cc1cccc(OC)c1)C(=O)Cc1c(F)cccc1Cl. The smallest absolute Gasteiger partial charge is 0.242 e. The summed E-state index contributed by atoms with van der Waals surface area (Å²) < 4.78 is 19.5. The van der Waals surface area contributed by atoms with Crippen LogP contribution < -0.4 is 10.1 Å². The monoisotopic (exact) mass is 420 g/mol. The van der Waals surface area contributed by atoms with Crippen molar-refractivity contribution in [3.05, 3.63) is 64.4 Å². The predicted molar refractivity (Wildman–Crippen MR) is 111 cm³/mol. The van der Waals surface area contributed by atoms with Crippen LogP contribution in [0, 0.1) is 5.82 Å². The number of carbonyl (C=O) groups excluding carboxylic acids is 2. The van der Waals surface area contributed by atoms with E-state index >= 15 is 0 Å². The first-order chi connectivity index (χ1) is 13.9. The number of nitrogens with one attached hydrogen (secondary N) is 1. The van der Waals surface area contributed by atoms with Crippen molar-refractivity contribution >= 4 is 23.4 Å². The van der Waals surface area contributed by atoms with Crippen LogP contribution >= 0.6 is 11.6 Å². The lowest BCUT2D eigenvalue weighted by atomic mass is 10.1. The van der Waals surface area contributed by atoms with Gasteiger partial charge in [-0.3, -0.25) is 9.59 Å². The van der Waals surface area contributed by atoms with E-state index < -0.39 is 11.9 Å². The first-order valence-corrected chi connectivity index (χ1v) is 9.92. The molecule has 0 saturated carbocycles. The number of methoxy groups -OCH3 is 1. The lowest BCUT2D eigenvalue weighted by molar-refractivity contribution is -0.140. The van der Waals surface area contributed by atoms with Crippen LogP contribution in [0.3, 0.4) is 0 Å². The van der Waals surface area contributed by atoms with Crippen molar-refractivity contribution in [3.8, 4) is 5.75 Å². The van der Waals surface area contributed by atoms with Gasteiger partial charge in [0.2, 0.25) is 11.8 Å². The molecule has 0 aliphatic carbocycles. The lowest BCUT2D eigenvalue weighted by Crippen LogP contribution is -2.49. The van der Waals surface area contributed by atoms with Crippen molar-refractivity contribution in [1.82, 2.24) is 10.2 Å². The highest BCUT2D eigenvalue weighted by Crippen LogP contribution is 2.22. The number of ether oxygens (including phenoxy) is 1. The zero-order valence-electron chi connectivity index (χ0n) is 16.9. The Labute approximate surface area is 175 Å². The molecule has 2 amide bonds. The summed E-state index contributed by atoms with van der Waals surface area (Å²) in [5.74, 6) is -0.514. The van der Waals surface area contributed by atoms with Gasteiger partial charge in [-0.05, 0) is 43.2 Å². The molecule has 7 heteroatoms. The Kier molecular flexibility index (Phi) is 8.46. The molecule has 1 unspecified atom stereocenters. The Hall–Kier alpha value is -2.60. The first-order valence-electron chi connectivity index (χ1n) is 9.54. The molecule has 5 nitrogen and oxygen atoms in total. The van der Waals surface area contributed by atoms with Gasteiger partial charge in [-0.1, -0.05) is 36.7 Å². The van der Waals surface area contributed by atoms with Crippen molar-refractivity contribution in [2.24, 2.45) is 0 Å². The van der Waals surface area contributed by atoms with Crippen LogP contribution in [0.1, 0.15) is 31.4 Å². The minimum atomic E-state index is -0.681. The number of rotatable bonds is 9. The summed E-state index contributed by atoms with van der Waals surface area (Å²) in [7, 11) is 1.56. The number of benzene rings is 2. The minimum absolute atomic E-state index is 0.126. The molecule has 0 saturated heterocycles. The summed E-state index contributed by atoms with van der Waals surface area (Å²) in [6.45, 7) is 4.30. The summed E-state index contributed by atoms with van der Waals surface area (Å²) in [4.78, 5) is 27.2. The van der Waals surface area contributed by atoms with Crippen molar-refractivity contribution in [2.45, 2.75) is 39.3 Å². The van der Waals surface area contributed by atoms with Gasteiger partial charge in [-0.15, -0.1) is 0 Å². The summed E-state index contributed by atoms with van der Waals surface area (Å²) >= 11 is 6.10. The van der Waals surface area contributed by atoms with Crippen LogP contribution in [0.5, 0.6) is 5.75 Å². The minimum Gasteiger partial charge on any atom is -0.497 e. The fraction of sp³-hybridized carbons (Fsp3) is 0.364. The number of nitrogens with zero attached hydrogens (tertiary/aromatic N) is 1. The van der Waals surface area contributed by atoms with Gasteiger partial charge in [0.25, 0.3) is 0 Å². The number of halogens is 2. The quantitative estimate of drug-likeness (QED) is 0.667. The van der Waals surface area contributed by atoms with E-state index in [4.69, 9.17) is 16.3 Å². The molecule has 1 atom stereocenters. The van der Waals surface area contributed by atoms with Gasteiger partial charge in [0, 0.05) is 23.7 Å². The van der Waals surface area contributed by atoms with Crippen molar-refractivity contribution in [2.75, 3.05) is 13.7 Å². The molecule has 29 heavy (non-hydrogen) atoms. The summed E-state index contributed by atoms with van der Waals surface area (Å²) in [6, 6.07) is 10.9. The molecule has 0 aromatic heterocycles. The van der Waals surface area contributed by atoms with Crippen LogP contribution in [0.4, 0.5) is 4.39 Å². The number of likely N-dealkylation sites (N-methyl/N-ethyl adjacent to an activating group) is 1. The summed E-state index contributed by atoms with van der Waals surface area (Å²) in [6.07, 6.45) is 0.192. The van der Waals surface area contributed by atoms with E-state index in [1.807, 2.05) is 26.0 Å². The van der Waals surface area contributed by atoms with Crippen molar-refractivity contribution < 1.29 is 18.7 Å². The van der Waals surface area contributed by atoms with Gasteiger partial charge in [-0.2, -0.15) is 0 Å². The second kappa shape index (κ2) is 10.8. The zero-order chi connectivity index (χ0) is 21.4. The van der Waals surface area contributed by atoms with Gasteiger partial charge in [0.1, 0.15) is 17.6 Å². The van der Waals surface area contributed by atoms with Gasteiger partial charge in [0.15, 0.2) is 0 Å². The summed E-state index contributed by atoms with van der Waals surface area (Å²) in [5.41, 5.74) is 0.931. The zero-order valence-corrected chi connectivity index (χ0v) is 17.6. The molecule has 156 valence electrons. The Bertz CT molecular complexity index is 839. The van der Waals surface area contributed by atoms with Crippen LogP contribution in [0.2, 0.25) is 5.02 Å². The van der Waals surface area contributed by atoms with Gasteiger partial charge in [0.05, 0.1) is 13.5 Å². The van der Waals surface area contributed by atoms with Crippen LogP contribution in [-0.4, -0.2) is 36.4 Å². The van der Waals surface area contributed by atoms with Crippen LogP contribution in [0.25, 0.3) is 0 Å². The topological polar surface area (TPSA) is 58.6 Å². The van der Waals surface area contributed by atoms with E-state index in [-0.39, 0.29) is 35.4 Å². The fourth-order valence-electron chi connectivity index (χ4n) is 3.13. The normalized spacial score (nSPS) is 11.6. The Morgan fingerprint density at radius 1 is 1.21 bits per heavy atom. The largest absolute Gasteiger partial charge is 0.497 e. The highest BCUT2D eigenvalue weighted by molar-refractivity contribution is 6.31. The highest BCUT2D eigenvalue weighted by atomic mass is 35.5. The van der Waals surface area contributed by atoms with Crippen LogP contribution in [0.15, 0.2) is 42.5 Å². The first kappa shape index (κ1) is 22.7. The van der Waals surface area contributed by atoms with E-state index in [1.54, 1.807) is 25.3 Å². The molecule has 0 bridgehead atoms. The van der Waals surface area contributed by atoms with Crippen molar-refractivity contribution in [3.63, 3.8) is 0 Å². The standard InChI is InChI=1S/C22H26ClFN2O3/c1-4-20(22(28)25-5-2)26(14-15-8-6-9-16(12-15)29-3)21(27)13-17-18(23)10-7-11-19(17)24/h6-12,20H,4-5,13-14H2,1-3H3,(H,25,28). The third-order valence-corrected chi connectivity index (χ3v) is 4.97. The molecule has 0 aliphatic heterocycles. The van der Waals surface area contributed by atoms with E-state index in [0.29, 0.717) is 18.7 Å². The maximum atomic E-state index is 14.2. The summed E-state index contributed by atoms with van der Waals surface area (Å²) in [5, 5.41) is 2.96. The molecule has 0 aliphatic rings. The molecule has 2 aromatic carbocycles. The Balaban J connectivity index is 2.36. The molecule has 1 N–H and O–H groups in total. The maximum Gasteiger partial charge on any atom is 0.242 e. The fourth-order valence-corrected chi connectivity index (χ4v) is 3.36. The molecule has 0 heterocycles. The maximum absolute atomic E-state index is 14.2. The Morgan fingerprint density at radius 2 is 1.93 bits per heavy atom. The third kappa shape index (κ3) is 5.94. The molecular formula is C22H26ClFN2O3. The molecule has 0 radical (unpaired) electrons. The number of carbonyl (C=O) groups is 2. The molecule has 0 fully saturated rings. The van der Waals surface area contributed by atoms with Crippen LogP contribution in [-0.2, 0) is 22.6 Å². The lowest BCUT2D eigenvalue weighted by Gasteiger charge is -2.31. The second-order valence-electron chi connectivity index (χ2n) is 6.57. The van der Waals surface area contributed by atoms with Crippen molar-refractivity contribution in [1.29, 1.82) is 0 Å². The third-order valence-electron chi connectivity index (χ3n) is 4.61. The molecule has 2 aromatic rings. The average Bonchev–Trinajstić information content (AvgIpc) is 2.71. The number of hydrogen-bond acceptors (Lipinski definition) is 3. The van der Waals surface area contributed by atoms with Gasteiger partial charge in [-0.25, -0.2) is 4.39 Å².